The molecule has 0 fully saturated rings. The molecule has 0 saturated heterocycles. The van der Waals surface area contributed by atoms with Crippen molar-refractivity contribution in [2.24, 2.45) is 0 Å². The molecule has 0 spiro atoms. The molecule has 1 aliphatic heterocycles. The molecular weight excluding hydrogens is 210 g/mol. The molecule has 1 heterocycles. The van der Waals surface area contributed by atoms with Crippen molar-refractivity contribution in [2.45, 2.75) is 32.9 Å². The van der Waals surface area contributed by atoms with Gasteiger partial charge in [0.1, 0.15) is 0 Å². The van der Waals surface area contributed by atoms with Crippen LogP contribution in [0.5, 0.6) is 0 Å². The lowest BCUT2D eigenvalue weighted by Crippen LogP contribution is -2.40. The summed E-state index contributed by atoms with van der Waals surface area (Å²) in [5.74, 6) is 0. The van der Waals surface area contributed by atoms with Gasteiger partial charge in [-0.1, -0.05) is 38.1 Å². The number of anilines is 1. The van der Waals surface area contributed by atoms with Crippen molar-refractivity contribution in [3.63, 3.8) is 0 Å². The summed E-state index contributed by atoms with van der Waals surface area (Å²) in [6.07, 6.45) is 2.37. The average Bonchev–Trinajstić information content (AvgIpc) is 2.34. The average molecular weight is 230 g/mol. The van der Waals surface area contributed by atoms with Crippen molar-refractivity contribution in [3.05, 3.63) is 35.9 Å². The van der Waals surface area contributed by atoms with E-state index in [0.717, 1.165) is 6.54 Å². The van der Waals surface area contributed by atoms with Gasteiger partial charge in [-0.3, -0.25) is 0 Å². The van der Waals surface area contributed by atoms with Crippen LogP contribution in [0.4, 0.5) is 5.69 Å². The fraction of sp³-hybridized carbons (Fsp3) is 0.429. The van der Waals surface area contributed by atoms with Gasteiger partial charge in [0.15, 0.2) is 8.96 Å². The highest BCUT2D eigenvalue weighted by atomic mass is 28.3. The van der Waals surface area contributed by atoms with Crippen LogP contribution in [0, 0.1) is 0 Å². The number of benzene rings is 1. The van der Waals surface area contributed by atoms with Crippen LogP contribution < -0.4 is 4.57 Å². The smallest absolute Gasteiger partial charge is 0.169 e. The van der Waals surface area contributed by atoms with E-state index in [9.17, 15) is 0 Å². The Morgan fingerprint density at radius 1 is 1.19 bits per heavy atom. The second kappa shape index (κ2) is 4.87. The minimum Gasteiger partial charge on any atom is -0.394 e. The third-order valence-electron chi connectivity index (χ3n) is 3.40. The minimum atomic E-state index is -0.370. The highest BCUT2D eigenvalue weighted by molar-refractivity contribution is 6.63. The lowest BCUT2D eigenvalue weighted by Gasteiger charge is -2.35. The summed E-state index contributed by atoms with van der Waals surface area (Å²) < 4.78 is 2.65. The van der Waals surface area contributed by atoms with Gasteiger partial charge in [-0.2, -0.15) is 0 Å². The zero-order chi connectivity index (χ0) is 11.5. The molecule has 1 nitrogen and oxygen atoms in total. The second-order valence-corrected chi connectivity index (χ2v) is 7.37. The molecule has 2 heteroatoms. The number of rotatable bonds is 3. The SMILES string of the molecule is CC[Si](CC)N1CC=C(C)c2ccccc21. The summed E-state index contributed by atoms with van der Waals surface area (Å²) in [5.41, 5.74) is 4.32. The van der Waals surface area contributed by atoms with Gasteiger partial charge in [0.2, 0.25) is 0 Å². The molecule has 0 aliphatic carbocycles. The van der Waals surface area contributed by atoms with Crippen molar-refractivity contribution in [3.8, 4) is 0 Å². The Morgan fingerprint density at radius 2 is 1.88 bits per heavy atom. The Morgan fingerprint density at radius 3 is 2.56 bits per heavy atom. The van der Waals surface area contributed by atoms with Crippen molar-refractivity contribution >= 4 is 20.2 Å². The van der Waals surface area contributed by atoms with E-state index < -0.39 is 0 Å². The molecule has 0 N–H and O–H groups in total. The van der Waals surface area contributed by atoms with Crippen molar-refractivity contribution < 1.29 is 0 Å². The van der Waals surface area contributed by atoms with E-state index in [0.29, 0.717) is 0 Å². The zero-order valence-corrected chi connectivity index (χ0v) is 11.5. The summed E-state index contributed by atoms with van der Waals surface area (Å²) in [6.45, 7) is 7.98. The minimum absolute atomic E-state index is 0.370. The first-order chi connectivity index (χ1) is 7.77. The summed E-state index contributed by atoms with van der Waals surface area (Å²) in [6, 6.07) is 11.5. The Balaban J connectivity index is 2.39. The van der Waals surface area contributed by atoms with E-state index in [2.05, 4.69) is 55.7 Å². The predicted molar refractivity (Wildman–Crippen MR) is 74.2 cm³/mol. The molecule has 1 aromatic rings. The maximum Gasteiger partial charge on any atom is 0.169 e. The molecule has 1 aromatic carbocycles. The maximum absolute atomic E-state index is 2.65. The van der Waals surface area contributed by atoms with Gasteiger partial charge in [0.25, 0.3) is 0 Å². The van der Waals surface area contributed by atoms with Crippen LogP contribution in [-0.4, -0.2) is 15.5 Å². The lowest BCUT2D eigenvalue weighted by atomic mass is 10.0. The Kier molecular flexibility index (Phi) is 3.49. The van der Waals surface area contributed by atoms with Crippen LogP contribution in [-0.2, 0) is 0 Å². The number of nitrogens with zero attached hydrogens (tertiary/aromatic N) is 1. The van der Waals surface area contributed by atoms with Crippen LogP contribution in [0.2, 0.25) is 12.1 Å². The first kappa shape index (κ1) is 11.5. The molecule has 1 aliphatic rings. The van der Waals surface area contributed by atoms with Gasteiger partial charge in [-0.15, -0.1) is 0 Å². The van der Waals surface area contributed by atoms with Gasteiger partial charge in [-0.05, 0) is 36.2 Å². The summed E-state index contributed by atoms with van der Waals surface area (Å²) in [7, 11) is -0.370. The number of para-hydroxylation sites is 1. The molecule has 2 rings (SSSR count). The standard InChI is InChI=1S/C14H20NSi/c1-4-16(5-2)15-11-10-12(3)13-8-6-7-9-14(13)15/h6-10H,4-5,11H2,1-3H3. The van der Waals surface area contributed by atoms with E-state index in [1.54, 1.807) is 0 Å². The molecule has 85 valence electrons. The molecule has 16 heavy (non-hydrogen) atoms. The lowest BCUT2D eigenvalue weighted by molar-refractivity contribution is 1.08. The predicted octanol–water partition coefficient (Wildman–Crippen LogP) is 3.94. The normalized spacial score (nSPS) is 15.0. The van der Waals surface area contributed by atoms with Crippen LogP contribution in [0.15, 0.2) is 30.3 Å². The highest BCUT2D eigenvalue weighted by Crippen LogP contribution is 2.32. The van der Waals surface area contributed by atoms with E-state index >= 15 is 0 Å². The van der Waals surface area contributed by atoms with Gasteiger partial charge < -0.3 is 4.57 Å². The molecule has 0 saturated carbocycles. The third kappa shape index (κ3) is 1.94. The van der Waals surface area contributed by atoms with E-state index in [1.165, 1.54) is 28.9 Å². The number of fused-ring (bicyclic) bond motifs is 1. The molecule has 0 amide bonds. The van der Waals surface area contributed by atoms with Crippen molar-refractivity contribution in [1.29, 1.82) is 0 Å². The van der Waals surface area contributed by atoms with Gasteiger partial charge in [0.05, 0.1) is 0 Å². The summed E-state index contributed by atoms with van der Waals surface area (Å²) >= 11 is 0. The van der Waals surface area contributed by atoms with Crippen LogP contribution in [0.1, 0.15) is 26.3 Å². The van der Waals surface area contributed by atoms with E-state index in [-0.39, 0.29) is 8.96 Å². The van der Waals surface area contributed by atoms with Gasteiger partial charge in [-0.25, -0.2) is 0 Å². The Hall–Kier alpha value is -1.02. The van der Waals surface area contributed by atoms with Crippen molar-refractivity contribution in [2.75, 3.05) is 11.1 Å². The van der Waals surface area contributed by atoms with Crippen LogP contribution >= 0.6 is 0 Å². The first-order valence-corrected chi connectivity index (χ1v) is 8.02. The monoisotopic (exact) mass is 230 g/mol. The largest absolute Gasteiger partial charge is 0.394 e. The molecule has 0 atom stereocenters. The molecule has 0 aromatic heterocycles. The molecular formula is C14H20NSi. The highest BCUT2D eigenvalue weighted by Gasteiger charge is 2.22. The topological polar surface area (TPSA) is 3.24 Å². The third-order valence-corrected chi connectivity index (χ3v) is 6.22. The van der Waals surface area contributed by atoms with Gasteiger partial charge >= 0.3 is 0 Å². The molecule has 1 radical (unpaired) electrons. The van der Waals surface area contributed by atoms with E-state index in [1.807, 2.05) is 0 Å². The second-order valence-electron chi connectivity index (χ2n) is 4.29. The fourth-order valence-electron chi connectivity index (χ4n) is 2.41. The Labute approximate surface area is 100 Å². The summed E-state index contributed by atoms with van der Waals surface area (Å²) in [4.78, 5) is 0. The van der Waals surface area contributed by atoms with Crippen LogP contribution in [0.25, 0.3) is 5.57 Å². The fourth-order valence-corrected chi connectivity index (χ4v) is 4.56. The van der Waals surface area contributed by atoms with Gasteiger partial charge in [0, 0.05) is 12.2 Å². The zero-order valence-electron chi connectivity index (χ0n) is 10.5. The summed E-state index contributed by atoms with van der Waals surface area (Å²) in [5, 5.41) is 0. The quantitative estimate of drug-likeness (QED) is 0.711. The number of hydrogen-bond acceptors (Lipinski definition) is 1. The van der Waals surface area contributed by atoms with E-state index in [4.69, 9.17) is 0 Å². The van der Waals surface area contributed by atoms with Crippen LogP contribution in [0.3, 0.4) is 0 Å². The maximum atomic E-state index is 2.65. The van der Waals surface area contributed by atoms with Crippen molar-refractivity contribution in [1.82, 2.24) is 0 Å². The number of hydrogen-bond donors (Lipinski definition) is 0. The molecule has 0 unspecified atom stereocenters. The first-order valence-electron chi connectivity index (χ1n) is 6.16. The Bertz CT molecular complexity index is 393. The number of allylic oxidation sites excluding steroid dienone is 1. The molecule has 0 bridgehead atoms.